The fourth-order valence-corrected chi connectivity index (χ4v) is 10.3. The van der Waals surface area contributed by atoms with Crippen molar-refractivity contribution in [2.75, 3.05) is 0 Å². The van der Waals surface area contributed by atoms with Gasteiger partial charge in [0.2, 0.25) is 5.91 Å². The molecular weight excluding hydrogens is 466 g/mol. The van der Waals surface area contributed by atoms with Crippen LogP contribution >= 0.6 is 11.3 Å². The number of carbonyl (C=O) groups excluding carboxylic acids is 3. The summed E-state index contributed by atoms with van der Waals surface area (Å²) in [6.45, 7) is 11.4. The average molecular weight is 512 g/mol. The van der Waals surface area contributed by atoms with E-state index < -0.39 is 0 Å². The highest BCUT2D eigenvalue weighted by Crippen LogP contribution is 2.67. The zero-order chi connectivity index (χ0) is 25.8. The van der Waals surface area contributed by atoms with Crippen molar-refractivity contribution < 1.29 is 14.4 Å². The number of nitrogens with one attached hydrogen (secondary N) is 1. The smallest absolute Gasteiger partial charge is 0.220 e. The molecule has 5 rings (SSSR count). The van der Waals surface area contributed by atoms with Crippen LogP contribution in [0, 0.1) is 52.3 Å². The summed E-state index contributed by atoms with van der Waals surface area (Å²) in [6.07, 6.45) is 7.96. The molecule has 0 unspecified atom stereocenters. The molecule has 4 fully saturated rings. The second-order valence-corrected chi connectivity index (χ2v) is 14.5. The quantitative estimate of drug-likeness (QED) is 0.447. The lowest BCUT2D eigenvalue weighted by Gasteiger charge is -2.59. The first-order valence-electron chi connectivity index (χ1n) is 14.4. The van der Waals surface area contributed by atoms with Crippen LogP contribution in [-0.4, -0.2) is 17.5 Å². The SMILES string of the molecule is CC(C)[C@@H](NC(=O)C[C@@H](C)[C@H]1CC[C@H]2[C@@H]3C(=O)C[C@@H]4CC(=O)CC[C@]4(C)[C@H]3CC[C@]12C)c1cccs1. The van der Waals surface area contributed by atoms with Crippen molar-refractivity contribution >= 4 is 28.8 Å². The summed E-state index contributed by atoms with van der Waals surface area (Å²) in [5.41, 5.74) is 0.278. The number of thiophene rings is 1. The molecule has 4 aliphatic rings. The van der Waals surface area contributed by atoms with E-state index in [4.69, 9.17) is 0 Å². The second kappa shape index (κ2) is 9.67. The lowest BCUT2D eigenvalue weighted by Crippen LogP contribution is -2.57. The summed E-state index contributed by atoms with van der Waals surface area (Å²) < 4.78 is 0. The molecule has 198 valence electrons. The van der Waals surface area contributed by atoms with Crippen molar-refractivity contribution in [3.63, 3.8) is 0 Å². The molecule has 9 atom stereocenters. The molecule has 0 aromatic carbocycles. The lowest BCUT2D eigenvalue weighted by molar-refractivity contribution is -0.159. The Kier molecular flexibility index (Phi) is 7.02. The number of carbonyl (C=O) groups is 3. The molecule has 36 heavy (non-hydrogen) atoms. The molecule has 1 heterocycles. The van der Waals surface area contributed by atoms with Crippen molar-refractivity contribution in [3.8, 4) is 0 Å². The minimum absolute atomic E-state index is 0.0722. The van der Waals surface area contributed by atoms with E-state index in [1.54, 1.807) is 11.3 Å². The van der Waals surface area contributed by atoms with Crippen LogP contribution < -0.4 is 5.32 Å². The van der Waals surface area contributed by atoms with E-state index >= 15 is 0 Å². The number of rotatable bonds is 6. The zero-order valence-electron chi connectivity index (χ0n) is 22.8. The minimum Gasteiger partial charge on any atom is -0.348 e. The highest BCUT2D eigenvalue weighted by atomic mass is 32.1. The van der Waals surface area contributed by atoms with Gasteiger partial charge in [0, 0.05) is 36.5 Å². The first-order chi connectivity index (χ1) is 17.0. The van der Waals surface area contributed by atoms with Crippen LogP contribution in [0.15, 0.2) is 17.5 Å². The van der Waals surface area contributed by atoms with Gasteiger partial charge in [-0.1, -0.05) is 40.7 Å². The Bertz CT molecular complexity index is 1000. The van der Waals surface area contributed by atoms with Crippen molar-refractivity contribution in [2.24, 2.45) is 52.3 Å². The van der Waals surface area contributed by atoms with Crippen LogP contribution in [0.3, 0.4) is 0 Å². The fourth-order valence-electron chi connectivity index (χ4n) is 9.40. The average Bonchev–Trinajstić information content (AvgIpc) is 3.46. The van der Waals surface area contributed by atoms with Crippen LogP contribution in [0.1, 0.15) is 103 Å². The largest absolute Gasteiger partial charge is 0.348 e. The maximum atomic E-state index is 13.6. The van der Waals surface area contributed by atoms with Crippen LogP contribution in [-0.2, 0) is 14.4 Å². The van der Waals surface area contributed by atoms with Crippen LogP contribution in [0.5, 0.6) is 0 Å². The summed E-state index contributed by atoms with van der Waals surface area (Å²) in [7, 11) is 0. The predicted molar refractivity (Wildman–Crippen MR) is 144 cm³/mol. The van der Waals surface area contributed by atoms with Crippen molar-refractivity contribution in [2.45, 2.75) is 98.4 Å². The van der Waals surface area contributed by atoms with Gasteiger partial charge in [0.05, 0.1) is 6.04 Å². The standard InChI is InChI=1S/C31H45NO3S/c1-18(2)29(26-7-6-14-36-26)32-27(35)15-19(3)22-8-9-23-28-24(11-13-31(22,23)5)30(4)12-10-21(33)16-20(30)17-25(28)34/h6-7,14,18-20,22-24,28-29H,8-13,15-17H2,1-5H3,(H,32,35)/t19-,20+,22-,23+,24+,28+,29-,30+,31-/m1/s1. The van der Waals surface area contributed by atoms with Crippen molar-refractivity contribution in [3.05, 3.63) is 22.4 Å². The van der Waals surface area contributed by atoms with E-state index in [1.807, 2.05) is 0 Å². The van der Waals surface area contributed by atoms with Gasteiger partial charge in [0.25, 0.3) is 0 Å². The van der Waals surface area contributed by atoms with Gasteiger partial charge in [-0.25, -0.2) is 0 Å². The number of fused-ring (bicyclic) bond motifs is 5. The van der Waals surface area contributed by atoms with Crippen LogP contribution in [0.2, 0.25) is 0 Å². The molecule has 4 aliphatic carbocycles. The zero-order valence-corrected chi connectivity index (χ0v) is 23.7. The molecule has 0 spiro atoms. The van der Waals surface area contributed by atoms with E-state index in [0.717, 1.165) is 32.1 Å². The molecule has 1 aromatic heterocycles. The molecule has 1 amide bonds. The molecule has 0 saturated heterocycles. The Morgan fingerprint density at radius 2 is 1.81 bits per heavy atom. The third kappa shape index (κ3) is 4.31. The van der Waals surface area contributed by atoms with Gasteiger partial charge in [-0.2, -0.15) is 0 Å². The second-order valence-electron chi connectivity index (χ2n) is 13.6. The monoisotopic (exact) mass is 511 g/mol. The van der Waals surface area contributed by atoms with Gasteiger partial charge in [-0.3, -0.25) is 14.4 Å². The van der Waals surface area contributed by atoms with Crippen molar-refractivity contribution in [1.82, 2.24) is 5.32 Å². The molecule has 0 bridgehead atoms. The van der Waals surface area contributed by atoms with E-state index in [9.17, 15) is 14.4 Å². The predicted octanol–water partition coefficient (Wildman–Crippen LogP) is 6.99. The normalized spacial score (nSPS) is 39.8. The Morgan fingerprint density at radius 3 is 2.50 bits per heavy atom. The Labute approximate surface area is 221 Å². The third-order valence-electron chi connectivity index (χ3n) is 11.4. The molecule has 1 aromatic rings. The highest BCUT2D eigenvalue weighted by molar-refractivity contribution is 7.10. The van der Waals surface area contributed by atoms with E-state index in [2.05, 4.69) is 57.4 Å². The van der Waals surface area contributed by atoms with E-state index in [1.165, 1.54) is 4.88 Å². The summed E-state index contributed by atoms with van der Waals surface area (Å²) in [6, 6.07) is 4.25. The summed E-state index contributed by atoms with van der Waals surface area (Å²) in [5, 5.41) is 5.42. The summed E-state index contributed by atoms with van der Waals surface area (Å²) >= 11 is 1.71. The number of hydrogen-bond acceptors (Lipinski definition) is 4. The van der Waals surface area contributed by atoms with Crippen LogP contribution in [0.4, 0.5) is 0 Å². The number of ketones is 2. The van der Waals surface area contributed by atoms with E-state index in [-0.39, 0.29) is 34.6 Å². The Morgan fingerprint density at radius 1 is 1.06 bits per heavy atom. The Balaban J connectivity index is 1.29. The van der Waals surface area contributed by atoms with Gasteiger partial charge in [-0.05, 0) is 89.9 Å². The van der Waals surface area contributed by atoms with Gasteiger partial charge in [0.15, 0.2) is 0 Å². The van der Waals surface area contributed by atoms with Crippen LogP contribution in [0.25, 0.3) is 0 Å². The fraction of sp³-hybridized carbons (Fsp3) is 0.774. The van der Waals surface area contributed by atoms with Gasteiger partial charge >= 0.3 is 0 Å². The van der Waals surface area contributed by atoms with Crippen molar-refractivity contribution in [1.29, 1.82) is 0 Å². The first kappa shape index (κ1) is 26.1. The van der Waals surface area contributed by atoms with E-state index in [0.29, 0.717) is 66.8 Å². The topological polar surface area (TPSA) is 63.2 Å². The molecule has 5 heteroatoms. The minimum atomic E-state index is 0.0722. The van der Waals surface area contributed by atoms with Gasteiger partial charge < -0.3 is 5.32 Å². The Hall–Kier alpha value is -1.49. The van der Waals surface area contributed by atoms with Gasteiger partial charge in [-0.15, -0.1) is 11.3 Å². The number of amides is 1. The molecule has 0 radical (unpaired) electrons. The summed E-state index contributed by atoms with van der Waals surface area (Å²) in [5.74, 6) is 3.39. The number of Topliss-reactive ketones (excluding diaryl/α,β-unsaturated/α-hetero) is 2. The molecular formula is C31H45NO3S. The molecule has 1 N–H and O–H groups in total. The number of hydrogen-bond donors (Lipinski definition) is 1. The maximum absolute atomic E-state index is 13.6. The van der Waals surface area contributed by atoms with Gasteiger partial charge in [0.1, 0.15) is 11.6 Å². The highest BCUT2D eigenvalue weighted by Gasteiger charge is 2.63. The molecule has 4 nitrogen and oxygen atoms in total. The molecule has 0 aliphatic heterocycles. The first-order valence-corrected chi connectivity index (χ1v) is 15.3. The maximum Gasteiger partial charge on any atom is 0.220 e. The lowest BCUT2D eigenvalue weighted by atomic mass is 9.44. The third-order valence-corrected chi connectivity index (χ3v) is 12.3. The molecule has 4 saturated carbocycles. The summed E-state index contributed by atoms with van der Waals surface area (Å²) in [4.78, 5) is 40.2.